The smallest absolute Gasteiger partial charge is 0.316 e. The lowest BCUT2D eigenvalue weighted by molar-refractivity contribution is 0.212. The van der Waals surface area contributed by atoms with Gasteiger partial charge in [-0.3, -0.25) is 10.00 Å². The molecule has 0 spiro atoms. The van der Waals surface area contributed by atoms with Gasteiger partial charge in [-0.1, -0.05) is 18.2 Å². The molecule has 1 aliphatic rings. The van der Waals surface area contributed by atoms with Crippen LogP contribution in [0.3, 0.4) is 0 Å². The normalized spacial score (nSPS) is 12.9. The van der Waals surface area contributed by atoms with Gasteiger partial charge < -0.3 is 9.47 Å². The van der Waals surface area contributed by atoms with E-state index in [-0.39, 0.29) is 12.1 Å². The van der Waals surface area contributed by atoms with E-state index in [4.69, 9.17) is 0 Å². The van der Waals surface area contributed by atoms with Crippen molar-refractivity contribution in [1.82, 2.24) is 34.4 Å². The Balaban J connectivity index is 1.31. The Morgan fingerprint density at radius 3 is 2.72 bits per heavy atom. The van der Waals surface area contributed by atoms with Crippen LogP contribution >= 0.6 is 0 Å². The number of benzene rings is 1. The minimum Gasteiger partial charge on any atom is -0.316 e. The highest BCUT2D eigenvalue weighted by Gasteiger charge is 2.24. The second kappa shape index (κ2) is 7.92. The number of aromatic nitrogens is 6. The third-order valence-electron chi connectivity index (χ3n) is 5.60. The highest BCUT2D eigenvalue weighted by molar-refractivity contribution is 5.89. The molecule has 9 heteroatoms. The number of carbonyl (C=O) groups is 1. The van der Waals surface area contributed by atoms with E-state index in [9.17, 15) is 4.79 Å². The molecule has 0 unspecified atom stereocenters. The van der Waals surface area contributed by atoms with Gasteiger partial charge in [0.1, 0.15) is 17.8 Å². The second-order valence-electron chi connectivity index (χ2n) is 8.24. The first kappa shape index (κ1) is 19.9. The lowest BCUT2D eigenvalue weighted by atomic mass is 10.0. The SMILES string of the molecule is CC(C)n1cnnc1-c1cccc(NC(=O)N2Cc3ccc(-c4cnn(C)c4)cc3C2)n1. The average Bonchev–Trinajstić information content (AvgIpc) is 3.52. The van der Waals surface area contributed by atoms with Gasteiger partial charge >= 0.3 is 6.03 Å². The molecule has 0 fully saturated rings. The zero-order valence-electron chi connectivity index (χ0n) is 18.2. The predicted octanol–water partition coefficient (Wildman–Crippen LogP) is 3.87. The second-order valence-corrected chi connectivity index (χ2v) is 8.24. The van der Waals surface area contributed by atoms with Crippen molar-refractivity contribution in [3.63, 3.8) is 0 Å². The van der Waals surface area contributed by atoms with Crippen LogP contribution in [0.2, 0.25) is 0 Å². The molecule has 32 heavy (non-hydrogen) atoms. The van der Waals surface area contributed by atoms with Gasteiger partial charge in [0.25, 0.3) is 0 Å². The lowest BCUT2D eigenvalue weighted by Crippen LogP contribution is -2.30. The Labute approximate surface area is 185 Å². The molecular formula is C23H24N8O. The minimum absolute atomic E-state index is 0.181. The third kappa shape index (κ3) is 3.73. The first-order chi connectivity index (χ1) is 15.5. The molecule has 0 aliphatic carbocycles. The van der Waals surface area contributed by atoms with Gasteiger partial charge in [0.2, 0.25) is 0 Å². The number of hydrogen-bond donors (Lipinski definition) is 1. The largest absolute Gasteiger partial charge is 0.323 e. The van der Waals surface area contributed by atoms with Gasteiger partial charge in [-0.2, -0.15) is 5.10 Å². The molecule has 4 heterocycles. The summed E-state index contributed by atoms with van der Waals surface area (Å²) in [6.45, 7) is 5.24. The van der Waals surface area contributed by atoms with Crippen LogP contribution in [0, 0.1) is 0 Å². The molecule has 2 amide bonds. The molecular weight excluding hydrogens is 404 g/mol. The fourth-order valence-corrected chi connectivity index (χ4v) is 3.91. The fraction of sp³-hybridized carbons (Fsp3) is 0.261. The number of hydrogen-bond acceptors (Lipinski definition) is 5. The quantitative estimate of drug-likeness (QED) is 0.533. The van der Waals surface area contributed by atoms with Gasteiger partial charge in [-0.15, -0.1) is 10.2 Å². The number of carbonyl (C=O) groups excluding carboxylic acids is 1. The van der Waals surface area contributed by atoms with E-state index in [1.807, 2.05) is 36.1 Å². The van der Waals surface area contributed by atoms with E-state index in [1.54, 1.807) is 22.0 Å². The van der Waals surface area contributed by atoms with Crippen molar-refractivity contribution in [2.75, 3.05) is 5.32 Å². The van der Waals surface area contributed by atoms with E-state index in [2.05, 4.69) is 57.6 Å². The Kier molecular flexibility index (Phi) is 4.93. The molecule has 1 N–H and O–H groups in total. The van der Waals surface area contributed by atoms with E-state index < -0.39 is 0 Å². The molecule has 162 valence electrons. The number of amides is 2. The van der Waals surface area contributed by atoms with E-state index in [1.165, 1.54) is 0 Å². The van der Waals surface area contributed by atoms with E-state index in [0.717, 1.165) is 22.3 Å². The van der Waals surface area contributed by atoms with E-state index in [0.29, 0.717) is 30.4 Å². The van der Waals surface area contributed by atoms with Crippen molar-refractivity contribution < 1.29 is 4.79 Å². The molecule has 4 aromatic rings. The molecule has 3 aromatic heterocycles. The van der Waals surface area contributed by atoms with Gasteiger partial charge in [-0.25, -0.2) is 9.78 Å². The van der Waals surface area contributed by atoms with Crippen LogP contribution in [0.4, 0.5) is 10.6 Å². The topological polar surface area (TPSA) is 93.8 Å². The van der Waals surface area contributed by atoms with Crippen LogP contribution in [0.25, 0.3) is 22.6 Å². The summed E-state index contributed by atoms with van der Waals surface area (Å²) in [5, 5.41) is 15.4. The summed E-state index contributed by atoms with van der Waals surface area (Å²) in [7, 11) is 1.90. The van der Waals surface area contributed by atoms with Crippen LogP contribution in [0.5, 0.6) is 0 Å². The van der Waals surface area contributed by atoms with Crippen molar-refractivity contribution in [2.24, 2.45) is 7.05 Å². The summed E-state index contributed by atoms with van der Waals surface area (Å²) in [5.41, 5.74) is 5.13. The molecule has 5 rings (SSSR count). The number of anilines is 1. The summed E-state index contributed by atoms with van der Waals surface area (Å²) in [6.07, 6.45) is 5.52. The summed E-state index contributed by atoms with van der Waals surface area (Å²) in [5.74, 6) is 1.16. The Morgan fingerprint density at radius 2 is 1.94 bits per heavy atom. The Hall–Kier alpha value is -4.01. The molecule has 1 aromatic carbocycles. The molecule has 0 radical (unpaired) electrons. The minimum atomic E-state index is -0.181. The number of aryl methyl sites for hydroxylation is 1. The van der Waals surface area contributed by atoms with Crippen molar-refractivity contribution in [3.05, 3.63) is 66.2 Å². The first-order valence-electron chi connectivity index (χ1n) is 10.5. The van der Waals surface area contributed by atoms with Crippen molar-refractivity contribution in [3.8, 4) is 22.6 Å². The van der Waals surface area contributed by atoms with Gasteiger partial charge in [0, 0.05) is 37.9 Å². The average molecular weight is 429 g/mol. The first-order valence-corrected chi connectivity index (χ1v) is 10.5. The number of fused-ring (bicyclic) bond motifs is 1. The highest BCUT2D eigenvalue weighted by Crippen LogP contribution is 2.29. The molecule has 0 bridgehead atoms. The predicted molar refractivity (Wildman–Crippen MR) is 121 cm³/mol. The van der Waals surface area contributed by atoms with Gasteiger partial charge in [0.15, 0.2) is 5.82 Å². The highest BCUT2D eigenvalue weighted by atomic mass is 16.2. The standard InChI is InChI=1S/C23H24N8O/c1-15(2)31-14-24-28-22(31)20-5-4-6-21(26-20)27-23(32)30-12-17-8-7-16(9-18(17)13-30)19-10-25-29(3)11-19/h4-11,14-15H,12-13H2,1-3H3,(H,26,27,32). The van der Waals surface area contributed by atoms with Crippen LogP contribution in [0.1, 0.15) is 31.0 Å². The zero-order chi connectivity index (χ0) is 22.2. The Bertz CT molecular complexity index is 1290. The maximum Gasteiger partial charge on any atom is 0.323 e. The lowest BCUT2D eigenvalue weighted by Gasteiger charge is -2.16. The van der Waals surface area contributed by atoms with Gasteiger partial charge in [-0.05, 0) is 48.7 Å². The third-order valence-corrected chi connectivity index (χ3v) is 5.60. The molecule has 0 atom stereocenters. The molecule has 9 nitrogen and oxygen atoms in total. The van der Waals surface area contributed by atoms with Crippen molar-refractivity contribution in [2.45, 2.75) is 33.0 Å². The summed E-state index contributed by atoms with van der Waals surface area (Å²) in [6, 6.07) is 11.8. The van der Waals surface area contributed by atoms with E-state index >= 15 is 0 Å². The molecule has 0 saturated heterocycles. The summed E-state index contributed by atoms with van der Waals surface area (Å²) < 4.78 is 3.73. The Morgan fingerprint density at radius 1 is 1.09 bits per heavy atom. The van der Waals surface area contributed by atoms with Crippen molar-refractivity contribution in [1.29, 1.82) is 0 Å². The van der Waals surface area contributed by atoms with Crippen molar-refractivity contribution >= 4 is 11.8 Å². The fourth-order valence-electron chi connectivity index (χ4n) is 3.91. The molecule has 1 aliphatic heterocycles. The number of pyridine rings is 1. The number of nitrogens with zero attached hydrogens (tertiary/aromatic N) is 7. The monoisotopic (exact) mass is 428 g/mol. The maximum absolute atomic E-state index is 12.9. The summed E-state index contributed by atoms with van der Waals surface area (Å²) >= 11 is 0. The molecule has 0 saturated carbocycles. The van der Waals surface area contributed by atoms with Crippen LogP contribution in [-0.4, -0.2) is 40.5 Å². The zero-order valence-corrected chi connectivity index (χ0v) is 18.2. The number of rotatable bonds is 4. The van der Waals surface area contributed by atoms with Crippen LogP contribution in [0.15, 0.2) is 55.1 Å². The van der Waals surface area contributed by atoms with Crippen LogP contribution in [-0.2, 0) is 20.1 Å². The van der Waals surface area contributed by atoms with Gasteiger partial charge in [0.05, 0.1) is 6.20 Å². The number of urea groups is 1. The van der Waals surface area contributed by atoms with Crippen LogP contribution < -0.4 is 5.32 Å². The number of nitrogens with one attached hydrogen (secondary N) is 1. The summed E-state index contributed by atoms with van der Waals surface area (Å²) in [4.78, 5) is 19.3. The maximum atomic E-state index is 12.9.